The van der Waals surface area contributed by atoms with Crippen LogP contribution in [-0.4, -0.2) is 13.2 Å². The third-order valence-corrected chi connectivity index (χ3v) is 3.99. The first-order valence-corrected chi connectivity index (χ1v) is 7.68. The first kappa shape index (κ1) is 16.5. The van der Waals surface area contributed by atoms with Gasteiger partial charge in [0, 0.05) is 0 Å². The van der Waals surface area contributed by atoms with Gasteiger partial charge in [-0.1, -0.05) is 29.8 Å². The van der Waals surface area contributed by atoms with E-state index in [4.69, 9.17) is 10.5 Å². The van der Waals surface area contributed by atoms with Crippen molar-refractivity contribution in [3.8, 4) is 5.75 Å². The largest absolute Gasteiger partial charge is 0.490 e. The van der Waals surface area contributed by atoms with Crippen molar-refractivity contribution in [2.45, 2.75) is 33.1 Å². The average Bonchev–Trinajstić information content (AvgIpc) is 2.46. The van der Waals surface area contributed by atoms with Gasteiger partial charge in [-0.25, -0.2) is 4.39 Å². The lowest BCUT2D eigenvalue weighted by atomic mass is 9.87. The van der Waals surface area contributed by atoms with Crippen LogP contribution in [0.1, 0.15) is 34.6 Å². The SMILES string of the molecule is Cc1cc(C)c(C(CN)CCOc2ccccc2F)c(C)c1. The number of hydrogen-bond donors (Lipinski definition) is 1. The van der Waals surface area contributed by atoms with E-state index >= 15 is 0 Å². The molecule has 0 aliphatic heterocycles. The molecule has 2 nitrogen and oxygen atoms in total. The first-order chi connectivity index (χ1) is 10.5. The summed E-state index contributed by atoms with van der Waals surface area (Å²) in [5.41, 5.74) is 11.0. The van der Waals surface area contributed by atoms with Crippen LogP contribution in [0, 0.1) is 26.6 Å². The van der Waals surface area contributed by atoms with Crippen LogP contribution in [0.15, 0.2) is 36.4 Å². The fourth-order valence-electron chi connectivity index (χ4n) is 3.09. The van der Waals surface area contributed by atoms with Gasteiger partial charge in [0.05, 0.1) is 6.61 Å². The lowest BCUT2D eigenvalue weighted by Gasteiger charge is -2.21. The maximum absolute atomic E-state index is 13.5. The van der Waals surface area contributed by atoms with E-state index in [-0.39, 0.29) is 11.7 Å². The molecule has 0 aliphatic carbocycles. The number of aryl methyl sites for hydroxylation is 3. The van der Waals surface area contributed by atoms with E-state index in [9.17, 15) is 4.39 Å². The zero-order valence-electron chi connectivity index (χ0n) is 13.5. The van der Waals surface area contributed by atoms with Gasteiger partial charge in [0.2, 0.25) is 0 Å². The van der Waals surface area contributed by atoms with Crippen molar-refractivity contribution in [1.29, 1.82) is 0 Å². The van der Waals surface area contributed by atoms with Gasteiger partial charge in [-0.15, -0.1) is 0 Å². The number of benzene rings is 2. The van der Waals surface area contributed by atoms with Gasteiger partial charge in [-0.3, -0.25) is 0 Å². The Balaban J connectivity index is 2.06. The molecule has 2 rings (SSSR count). The zero-order valence-corrected chi connectivity index (χ0v) is 13.5. The van der Waals surface area contributed by atoms with Crippen LogP contribution in [0.3, 0.4) is 0 Å². The number of hydrogen-bond acceptors (Lipinski definition) is 2. The van der Waals surface area contributed by atoms with Crippen molar-refractivity contribution in [2.24, 2.45) is 5.73 Å². The minimum atomic E-state index is -0.325. The van der Waals surface area contributed by atoms with Crippen molar-refractivity contribution < 1.29 is 9.13 Å². The Morgan fingerprint density at radius 2 is 1.73 bits per heavy atom. The summed E-state index contributed by atoms with van der Waals surface area (Å²) in [6, 6.07) is 10.8. The second-order valence-corrected chi connectivity index (χ2v) is 5.81. The molecular formula is C19H24FNO. The van der Waals surface area contributed by atoms with Gasteiger partial charge in [0.1, 0.15) is 0 Å². The molecule has 0 spiro atoms. The number of rotatable bonds is 6. The monoisotopic (exact) mass is 301 g/mol. The number of para-hydroxylation sites is 1. The summed E-state index contributed by atoms with van der Waals surface area (Å²) in [5, 5.41) is 0. The predicted molar refractivity (Wildman–Crippen MR) is 89.0 cm³/mol. The Morgan fingerprint density at radius 1 is 1.09 bits per heavy atom. The molecule has 2 aromatic carbocycles. The molecule has 0 bridgehead atoms. The average molecular weight is 301 g/mol. The minimum Gasteiger partial charge on any atom is -0.490 e. The maximum Gasteiger partial charge on any atom is 0.165 e. The van der Waals surface area contributed by atoms with E-state index in [1.807, 2.05) is 0 Å². The van der Waals surface area contributed by atoms with E-state index in [2.05, 4.69) is 32.9 Å². The smallest absolute Gasteiger partial charge is 0.165 e. The van der Waals surface area contributed by atoms with E-state index in [1.54, 1.807) is 18.2 Å². The molecule has 1 unspecified atom stereocenters. The summed E-state index contributed by atoms with van der Waals surface area (Å²) in [6.07, 6.45) is 0.773. The third-order valence-electron chi connectivity index (χ3n) is 3.99. The highest BCUT2D eigenvalue weighted by molar-refractivity contribution is 5.40. The Bertz CT molecular complexity index is 616. The molecule has 0 aliphatic rings. The summed E-state index contributed by atoms with van der Waals surface area (Å²) >= 11 is 0. The maximum atomic E-state index is 13.5. The van der Waals surface area contributed by atoms with Gasteiger partial charge >= 0.3 is 0 Å². The molecule has 0 fully saturated rings. The molecule has 0 heterocycles. The highest BCUT2D eigenvalue weighted by atomic mass is 19.1. The van der Waals surface area contributed by atoms with Crippen molar-refractivity contribution in [2.75, 3.05) is 13.2 Å². The molecule has 0 saturated heterocycles. The van der Waals surface area contributed by atoms with Crippen LogP contribution in [0.2, 0.25) is 0 Å². The molecule has 0 amide bonds. The molecule has 0 saturated carbocycles. The molecule has 0 aromatic heterocycles. The van der Waals surface area contributed by atoms with E-state index < -0.39 is 0 Å². The Morgan fingerprint density at radius 3 is 2.32 bits per heavy atom. The van der Waals surface area contributed by atoms with E-state index in [0.29, 0.717) is 18.9 Å². The summed E-state index contributed by atoms with van der Waals surface area (Å²) in [4.78, 5) is 0. The molecule has 22 heavy (non-hydrogen) atoms. The molecular weight excluding hydrogens is 277 g/mol. The summed E-state index contributed by atoms with van der Waals surface area (Å²) < 4.78 is 19.1. The molecule has 1 atom stereocenters. The van der Waals surface area contributed by atoms with Crippen molar-refractivity contribution in [3.05, 3.63) is 64.5 Å². The molecule has 118 valence electrons. The molecule has 2 N–H and O–H groups in total. The lowest BCUT2D eigenvalue weighted by molar-refractivity contribution is 0.284. The van der Waals surface area contributed by atoms with Crippen molar-refractivity contribution in [3.63, 3.8) is 0 Å². The second-order valence-electron chi connectivity index (χ2n) is 5.81. The second kappa shape index (κ2) is 7.41. The Kier molecular flexibility index (Phi) is 5.56. The standard InChI is InChI=1S/C19H24FNO/c1-13-10-14(2)19(15(3)11-13)16(12-21)8-9-22-18-7-5-4-6-17(18)20/h4-7,10-11,16H,8-9,12,21H2,1-3H3. The highest BCUT2D eigenvalue weighted by Crippen LogP contribution is 2.27. The third kappa shape index (κ3) is 3.86. The fourth-order valence-corrected chi connectivity index (χ4v) is 3.09. The minimum absolute atomic E-state index is 0.229. The van der Waals surface area contributed by atoms with Crippen molar-refractivity contribution >= 4 is 0 Å². The normalized spacial score (nSPS) is 12.2. The van der Waals surface area contributed by atoms with Crippen LogP contribution < -0.4 is 10.5 Å². The molecule has 3 heteroatoms. The van der Waals surface area contributed by atoms with Crippen LogP contribution >= 0.6 is 0 Å². The number of nitrogens with two attached hydrogens (primary N) is 1. The van der Waals surface area contributed by atoms with Gasteiger partial charge in [-0.05, 0) is 68.5 Å². The lowest BCUT2D eigenvalue weighted by Crippen LogP contribution is -2.18. The highest BCUT2D eigenvalue weighted by Gasteiger charge is 2.16. The fraction of sp³-hybridized carbons (Fsp3) is 0.368. The number of ether oxygens (including phenoxy) is 1. The van der Waals surface area contributed by atoms with Gasteiger partial charge in [0.15, 0.2) is 11.6 Å². The first-order valence-electron chi connectivity index (χ1n) is 7.68. The quantitative estimate of drug-likeness (QED) is 0.865. The predicted octanol–water partition coefficient (Wildman–Crippen LogP) is 4.26. The number of halogens is 1. The summed E-state index contributed by atoms with van der Waals surface area (Å²) in [7, 11) is 0. The summed E-state index contributed by atoms with van der Waals surface area (Å²) in [5.74, 6) is 0.206. The van der Waals surface area contributed by atoms with Gasteiger partial charge in [-0.2, -0.15) is 0 Å². The van der Waals surface area contributed by atoms with Crippen LogP contribution in [-0.2, 0) is 0 Å². The summed E-state index contributed by atoms with van der Waals surface area (Å²) in [6.45, 7) is 7.36. The van der Waals surface area contributed by atoms with Crippen molar-refractivity contribution in [1.82, 2.24) is 0 Å². The topological polar surface area (TPSA) is 35.2 Å². The van der Waals surface area contributed by atoms with E-state index in [0.717, 1.165) is 6.42 Å². The van der Waals surface area contributed by atoms with Crippen LogP contribution in [0.4, 0.5) is 4.39 Å². The van der Waals surface area contributed by atoms with Crippen LogP contribution in [0.5, 0.6) is 5.75 Å². The van der Waals surface area contributed by atoms with E-state index in [1.165, 1.54) is 28.3 Å². The Labute approximate surface area is 132 Å². The molecule has 0 radical (unpaired) electrons. The zero-order chi connectivity index (χ0) is 16.1. The van der Waals surface area contributed by atoms with Gasteiger partial charge in [0.25, 0.3) is 0 Å². The Hall–Kier alpha value is -1.87. The molecule has 2 aromatic rings. The van der Waals surface area contributed by atoms with Gasteiger partial charge < -0.3 is 10.5 Å². The van der Waals surface area contributed by atoms with Crippen LogP contribution in [0.25, 0.3) is 0 Å².